The van der Waals surface area contributed by atoms with E-state index >= 15 is 0 Å². The second-order valence-corrected chi connectivity index (χ2v) is 6.51. The van der Waals surface area contributed by atoms with E-state index in [4.69, 9.17) is 9.47 Å². The van der Waals surface area contributed by atoms with E-state index in [1.165, 1.54) is 19.2 Å². The molecule has 0 aliphatic rings. The van der Waals surface area contributed by atoms with Crippen molar-refractivity contribution in [3.63, 3.8) is 0 Å². The van der Waals surface area contributed by atoms with E-state index in [-0.39, 0.29) is 18.0 Å². The third-order valence-electron chi connectivity index (χ3n) is 3.02. The number of rotatable bonds is 7. The molecular formula is C16H19NO4S. The van der Waals surface area contributed by atoms with E-state index < -0.39 is 10.0 Å². The third-order valence-corrected chi connectivity index (χ3v) is 4.50. The van der Waals surface area contributed by atoms with Crippen LogP contribution in [0.25, 0.3) is 0 Å². The van der Waals surface area contributed by atoms with Gasteiger partial charge >= 0.3 is 0 Å². The number of methoxy groups -OCH3 is 1. The highest BCUT2D eigenvalue weighted by Gasteiger charge is 2.13. The summed E-state index contributed by atoms with van der Waals surface area (Å²) in [5, 5.41) is 0. The zero-order chi connectivity index (χ0) is 16.0. The van der Waals surface area contributed by atoms with Gasteiger partial charge in [-0.25, -0.2) is 13.1 Å². The molecule has 22 heavy (non-hydrogen) atoms. The van der Waals surface area contributed by atoms with Crippen LogP contribution in [0.2, 0.25) is 0 Å². The molecule has 2 aromatic rings. The molecule has 0 aliphatic carbocycles. The van der Waals surface area contributed by atoms with Gasteiger partial charge in [0.2, 0.25) is 10.0 Å². The van der Waals surface area contributed by atoms with Crippen LogP contribution in [-0.4, -0.2) is 28.7 Å². The molecule has 0 saturated heterocycles. The van der Waals surface area contributed by atoms with Gasteiger partial charge in [0.25, 0.3) is 0 Å². The highest BCUT2D eigenvalue weighted by molar-refractivity contribution is 7.89. The fourth-order valence-electron chi connectivity index (χ4n) is 1.89. The van der Waals surface area contributed by atoms with Crippen LogP contribution in [0.5, 0.6) is 11.5 Å². The minimum Gasteiger partial charge on any atom is -0.497 e. The SMILES string of the molecule is COc1ccc(S(=O)(=O)NCCOc2cccc(C)c2)cc1. The number of nitrogens with one attached hydrogen (secondary N) is 1. The minimum atomic E-state index is -3.53. The number of hydrogen-bond acceptors (Lipinski definition) is 4. The molecule has 0 saturated carbocycles. The fourth-order valence-corrected chi connectivity index (χ4v) is 2.90. The largest absolute Gasteiger partial charge is 0.497 e. The fraction of sp³-hybridized carbons (Fsp3) is 0.250. The van der Waals surface area contributed by atoms with E-state index in [2.05, 4.69) is 4.72 Å². The maximum absolute atomic E-state index is 12.1. The predicted molar refractivity (Wildman–Crippen MR) is 84.9 cm³/mol. The summed E-state index contributed by atoms with van der Waals surface area (Å²) in [5.41, 5.74) is 1.09. The van der Waals surface area contributed by atoms with Crippen molar-refractivity contribution in [2.24, 2.45) is 0 Å². The Balaban J connectivity index is 1.87. The van der Waals surface area contributed by atoms with Gasteiger partial charge in [-0.3, -0.25) is 0 Å². The quantitative estimate of drug-likeness (QED) is 0.795. The first-order chi connectivity index (χ1) is 10.5. The van der Waals surface area contributed by atoms with Crippen LogP contribution in [0.4, 0.5) is 0 Å². The highest BCUT2D eigenvalue weighted by Crippen LogP contribution is 2.15. The highest BCUT2D eigenvalue weighted by atomic mass is 32.2. The average Bonchev–Trinajstić information content (AvgIpc) is 2.52. The molecule has 0 unspecified atom stereocenters. The van der Waals surface area contributed by atoms with Crippen molar-refractivity contribution in [3.05, 3.63) is 54.1 Å². The van der Waals surface area contributed by atoms with Crippen LogP contribution in [0.1, 0.15) is 5.56 Å². The van der Waals surface area contributed by atoms with Crippen molar-refractivity contribution in [3.8, 4) is 11.5 Å². The van der Waals surface area contributed by atoms with Gasteiger partial charge in [0.05, 0.1) is 12.0 Å². The number of benzene rings is 2. The predicted octanol–water partition coefficient (Wildman–Crippen LogP) is 2.36. The van der Waals surface area contributed by atoms with Crippen LogP contribution >= 0.6 is 0 Å². The molecule has 5 nitrogen and oxygen atoms in total. The van der Waals surface area contributed by atoms with Crippen LogP contribution < -0.4 is 14.2 Å². The van der Waals surface area contributed by atoms with Gasteiger partial charge in [-0.05, 0) is 48.9 Å². The normalized spacial score (nSPS) is 11.2. The minimum absolute atomic E-state index is 0.197. The third kappa shape index (κ3) is 4.47. The molecule has 0 bridgehead atoms. The van der Waals surface area contributed by atoms with Crippen LogP contribution in [0, 0.1) is 6.92 Å². The van der Waals surface area contributed by atoms with Gasteiger partial charge in [0.1, 0.15) is 18.1 Å². The first-order valence-corrected chi connectivity index (χ1v) is 8.33. The van der Waals surface area contributed by atoms with Gasteiger partial charge in [-0.2, -0.15) is 0 Å². The molecule has 0 heterocycles. The summed E-state index contributed by atoms with van der Waals surface area (Å²) >= 11 is 0. The molecule has 0 fully saturated rings. The summed E-state index contributed by atoms with van der Waals surface area (Å²) in [6, 6.07) is 13.8. The monoisotopic (exact) mass is 321 g/mol. The maximum atomic E-state index is 12.1. The topological polar surface area (TPSA) is 64.6 Å². The lowest BCUT2D eigenvalue weighted by molar-refractivity contribution is 0.322. The molecule has 6 heteroatoms. The van der Waals surface area contributed by atoms with Crippen LogP contribution in [0.3, 0.4) is 0 Å². The van der Waals surface area contributed by atoms with Gasteiger partial charge in [-0.15, -0.1) is 0 Å². The Morgan fingerprint density at radius 1 is 1.05 bits per heavy atom. The van der Waals surface area contributed by atoms with Crippen molar-refractivity contribution < 1.29 is 17.9 Å². The summed E-state index contributed by atoms with van der Waals surface area (Å²) in [6.45, 7) is 2.43. The van der Waals surface area contributed by atoms with Crippen molar-refractivity contribution in [2.75, 3.05) is 20.3 Å². The van der Waals surface area contributed by atoms with E-state index in [0.29, 0.717) is 5.75 Å². The number of sulfonamides is 1. The Morgan fingerprint density at radius 3 is 2.41 bits per heavy atom. The van der Waals surface area contributed by atoms with E-state index in [9.17, 15) is 8.42 Å². The number of aryl methyl sites for hydroxylation is 1. The Kier molecular flexibility index (Phi) is 5.41. The Morgan fingerprint density at radius 2 is 1.77 bits per heavy atom. The van der Waals surface area contributed by atoms with E-state index in [1.807, 2.05) is 31.2 Å². The van der Waals surface area contributed by atoms with E-state index in [0.717, 1.165) is 11.3 Å². The average molecular weight is 321 g/mol. The summed E-state index contributed by atoms with van der Waals surface area (Å²) in [6.07, 6.45) is 0. The van der Waals surface area contributed by atoms with Crippen molar-refractivity contribution in [1.29, 1.82) is 0 Å². The Bertz CT molecular complexity index is 711. The molecule has 0 radical (unpaired) electrons. The molecule has 1 N–H and O–H groups in total. The first kappa shape index (κ1) is 16.3. The van der Waals surface area contributed by atoms with Gasteiger partial charge < -0.3 is 9.47 Å². The maximum Gasteiger partial charge on any atom is 0.240 e. The second-order valence-electron chi connectivity index (χ2n) is 4.74. The second kappa shape index (κ2) is 7.29. The first-order valence-electron chi connectivity index (χ1n) is 6.84. The summed E-state index contributed by atoms with van der Waals surface area (Å²) < 4.78 is 37.2. The smallest absolute Gasteiger partial charge is 0.240 e. The lowest BCUT2D eigenvalue weighted by Crippen LogP contribution is -2.28. The summed E-state index contributed by atoms with van der Waals surface area (Å²) in [7, 11) is -2.00. The molecule has 118 valence electrons. The zero-order valence-electron chi connectivity index (χ0n) is 12.6. The standard InChI is InChI=1S/C16H19NO4S/c1-13-4-3-5-15(12-13)21-11-10-17-22(18,19)16-8-6-14(20-2)7-9-16/h3-9,12,17H,10-11H2,1-2H3. The Labute approximate surface area is 130 Å². The zero-order valence-corrected chi connectivity index (χ0v) is 13.4. The molecular weight excluding hydrogens is 302 g/mol. The Hall–Kier alpha value is -2.05. The van der Waals surface area contributed by atoms with Crippen molar-refractivity contribution >= 4 is 10.0 Å². The summed E-state index contributed by atoms with van der Waals surface area (Å²) in [5.74, 6) is 1.34. The van der Waals surface area contributed by atoms with Gasteiger partial charge in [0, 0.05) is 6.54 Å². The van der Waals surface area contributed by atoms with E-state index in [1.54, 1.807) is 12.1 Å². The van der Waals surface area contributed by atoms with Crippen LogP contribution in [-0.2, 0) is 10.0 Å². The molecule has 0 amide bonds. The van der Waals surface area contributed by atoms with Crippen molar-refractivity contribution in [2.45, 2.75) is 11.8 Å². The van der Waals surface area contributed by atoms with Gasteiger partial charge in [-0.1, -0.05) is 12.1 Å². The lowest BCUT2D eigenvalue weighted by atomic mass is 10.2. The lowest BCUT2D eigenvalue weighted by Gasteiger charge is -2.09. The van der Waals surface area contributed by atoms with Crippen molar-refractivity contribution in [1.82, 2.24) is 4.72 Å². The number of hydrogen-bond donors (Lipinski definition) is 1. The molecule has 0 aliphatic heterocycles. The molecule has 2 aromatic carbocycles. The molecule has 2 rings (SSSR count). The molecule has 0 aromatic heterocycles. The van der Waals surface area contributed by atoms with Gasteiger partial charge in [0.15, 0.2) is 0 Å². The molecule has 0 atom stereocenters. The number of ether oxygens (including phenoxy) is 2. The molecule has 0 spiro atoms. The summed E-state index contributed by atoms with van der Waals surface area (Å²) in [4.78, 5) is 0.198. The van der Waals surface area contributed by atoms with Crippen LogP contribution in [0.15, 0.2) is 53.4 Å².